The fraction of sp³-hybridized carbons (Fsp3) is 0.667. The van der Waals surface area contributed by atoms with Gasteiger partial charge < -0.3 is 14.6 Å². The first-order valence-electron chi connectivity index (χ1n) is 8.08. The number of aliphatic hydroxyl groups is 1. The second kappa shape index (κ2) is 6.27. The lowest BCUT2D eigenvalue weighted by molar-refractivity contribution is 0.124. The molecular formula is C18H26O3. The van der Waals surface area contributed by atoms with E-state index in [1.165, 1.54) is 25.7 Å². The Hall–Kier alpha value is -1.22. The number of hydrogen-bond acceptors (Lipinski definition) is 3. The average Bonchev–Trinajstić information content (AvgIpc) is 3.09. The fourth-order valence-corrected chi connectivity index (χ4v) is 4.38. The maximum absolute atomic E-state index is 10.4. The number of ether oxygens (including phenoxy) is 2. The topological polar surface area (TPSA) is 38.7 Å². The maximum Gasteiger partial charge on any atom is 0.160 e. The molecule has 0 spiro atoms. The molecule has 0 heterocycles. The maximum atomic E-state index is 10.4. The molecule has 4 unspecified atom stereocenters. The van der Waals surface area contributed by atoms with Crippen LogP contribution >= 0.6 is 0 Å². The largest absolute Gasteiger partial charge is 0.493 e. The lowest BCUT2D eigenvalue weighted by Crippen LogP contribution is -2.20. The lowest BCUT2D eigenvalue weighted by Gasteiger charge is -2.24. The van der Waals surface area contributed by atoms with E-state index in [2.05, 4.69) is 0 Å². The zero-order valence-electron chi connectivity index (χ0n) is 13.0. The zero-order valence-corrected chi connectivity index (χ0v) is 13.0. The molecule has 0 radical (unpaired) electrons. The molecule has 2 saturated carbocycles. The van der Waals surface area contributed by atoms with Gasteiger partial charge in [0.1, 0.15) is 0 Å². The summed E-state index contributed by atoms with van der Waals surface area (Å²) < 4.78 is 10.6. The van der Waals surface area contributed by atoms with Gasteiger partial charge in [0.25, 0.3) is 0 Å². The van der Waals surface area contributed by atoms with Crippen molar-refractivity contribution in [1.29, 1.82) is 0 Å². The third-order valence-corrected chi connectivity index (χ3v) is 5.38. The number of fused-ring (bicyclic) bond motifs is 2. The zero-order chi connectivity index (χ0) is 14.8. The van der Waals surface area contributed by atoms with Gasteiger partial charge >= 0.3 is 0 Å². The van der Waals surface area contributed by atoms with E-state index in [4.69, 9.17) is 9.47 Å². The Morgan fingerprint density at radius 2 is 1.95 bits per heavy atom. The molecule has 2 aliphatic rings. The lowest BCUT2D eigenvalue weighted by atomic mass is 9.84. The van der Waals surface area contributed by atoms with Crippen LogP contribution in [0.3, 0.4) is 0 Å². The van der Waals surface area contributed by atoms with Crippen molar-refractivity contribution in [3.63, 3.8) is 0 Å². The summed E-state index contributed by atoms with van der Waals surface area (Å²) in [5.74, 6) is 4.06. The standard InChI is InChI=1S/C18H26O3/c1-20-17-6-4-13(10-18(17)21-2)9-16(19)11-15-8-12-3-5-14(15)7-12/h4,6,10,12,14-16,19H,3,5,7-9,11H2,1-2H3. The van der Waals surface area contributed by atoms with Crippen molar-refractivity contribution in [2.75, 3.05) is 14.2 Å². The third kappa shape index (κ3) is 3.18. The van der Waals surface area contributed by atoms with Crippen LogP contribution in [-0.4, -0.2) is 25.4 Å². The van der Waals surface area contributed by atoms with Crippen molar-refractivity contribution >= 4 is 0 Å². The van der Waals surface area contributed by atoms with E-state index in [-0.39, 0.29) is 6.10 Å². The number of aliphatic hydroxyl groups excluding tert-OH is 1. The molecule has 3 nitrogen and oxygen atoms in total. The summed E-state index contributed by atoms with van der Waals surface area (Å²) in [7, 11) is 3.29. The van der Waals surface area contributed by atoms with E-state index < -0.39 is 0 Å². The van der Waals surface area contributed by atoms with Gasteiger partial charge in [-0.3, -0.25) is 0 Å². The van der Waals surface area contributed by atoms with Crippen molar-refractivity contribution in [3.05, 3.63) is 23.8 Å². The minimum atomic E-state index is -0.243. The molecule has 0 saturated heterocycles. The first-order valence-corrected chi connectivity index (χ1v) is 8.08. The molecule has 1 aromatic carbocycles. The highest BCUT2D eigenvalue weighted by molar-refractivity contribution is 5.43. The van der Waals surface area contributed by atoms with Gasteiger partial charge in [-0.05, 0) is 67.6 Å². The van der Waals surface area contributed by atoms with Crippen LogP contribution in [0.2, 0.25) is 0 Å². The molecule has 3 heteroatoms. The molecule has 1 N–H and O–H groups in total. The van der Waals surface area contributed by atoms with Crippen LogP contribution in [0.4, 0.5) is 0 Å². The number of rotatable bonds is 6. The highest BCUT2D eigenvalue weighted by atomic mass is 16.5. The van der Waals surface area contributed by atoms with E-state index in [0.29, 0.717) is 6.42 Å². The summed E-state index contributed by atoms with van der Waals surface area (Å²) >= 11 is 0. The quantitative estimate of drug-likeness (QED) is 0.872. The van der Waals surface area contributed by atoms with Crippen LogP contribution in [-0.2, 0) is 6.42 Å². The van der Waals surface area contributed by atoms with E-state index >= 15 is 0 Å². The van der Waals surface area contributed by atoms with Gasteiger partial charge in [-0.15, -0.1) is 0 Å². The van der Waals surface area contributed by atoms with E-state index in [1.54, 1.807) is 14.2 Å². The second-order valence-electron chi connectivity index (χ2n) is 6.72. The predicted molar refractivity (Wildman–Crippen MR) is 82.8 cm³/mol. The highest BCUT2D eigenvalue weighted by Crippen LogP contribution is 2.50. The Bertz CT molecular complexity index is 485. The summed E-state index contributed by atoms with van der Waals surface area (Å²) in [4.78, 5) is 0. The van der Waals surface area contributed by atoms with Crippen molar-refractivity contribution in [1.82, 2.24) is 0 Å². The number of benzene rings is 1. The smallest absolute Gasteiger partial charge is 0.160 e. The first-order chi connectivity index (χ1) is 10.2. The molecule has 0 amide bonds. The van der Waals surface area contributed by atoms with Gasteiger partial charge in [0, 0.05) is 0 Å². The summed E-state index contributed by atoms with van der Waals surface area (Å²) in [5.41, 5.74) is 1.11. The minimum absolute atomic E-state index is 0.243. The molecule has 4 atom stereocenters. The van der Waals surface area contributed by atoms with Crippen LogP contribution in [0.25, 0.3) is 0 Å². The van der Waals surface area contributed by atoms with Gasteiger partial charge in [0.2, 0.25) is 0 Å². The molecule has 1 aromatic rings. The van der Waals surface area contributed by atoms with Crippen LogP contribution in [0.5, 0.6) is 11.5 Å². The summed E-state index contributed by atoms with van der Waals surface area (Å²) in [6.07, 6.45) is 6.98. The van der Waals surface area contributed by atoms with E-state index in [1.807, 2.05) is 18.2 Å². The summed E-state index contributed by atoms with van der Waals surface area (Å²) in [6.45, 7) is 0. The van der Waals surface area contributed by atoms with Gasteiger partial charge in [0.05, 0.1) is 20.3 Å². The number of hydrogen-bond donors (Lipinski definition) is 1. The fourth-order valence-electron chi connectivity index (χ4n) is 4.38. The predicted octanol–water partition coefficient (Wildman–Crippen LogP) is 3.43. The highest BCUT2D eigenvalue weighted by Gasteiger charge is 2.39. The average molecular weight is 290 g/mol. The Morgan fingerprint density at radius 1 is 1.14 bits per heavy atom. The number of methoxy groups -OCH3 is 2. The van der Waals surface area contributed by atoms with Crippen molar-refractivity contribution in [3.8, 4) is 11.5 Å². The molecule has 3 rings (SSSR count). The van der Waals surface area contributed by atoms with E-state index in [0.717, 1.165) is 41.2 Å². The van der Waals surface area contributed by atoms with Crippen molar-refractivity contribution < 1.29 is 14.6 Å². The molecule has 116 valence electrons. The Balaban J connectivity index is 1.58. The molecule has 0 aliphatic heterocycles. The Kier molecular flexibility index (Phi) is 4.39. The van der Waals surface area contributed by atoms with Gasteiger partial charge in [-0.1, -0.05) is 12.5 Å². The first kappa shape index (κ1) is 14.7. The normalized spacial score (nSPS) is 28.6. The van der Waals surface area contributed by atoms with Crippen molar-refractivity contribution in [2.45, 2.75) is 44.6 Å². The van der Waals surface area contributed by atoms with Crippen LogP contribution in [0.15, 0.2) is 18.2 Å². The van der Waals surface area contributed by atoms with Gasteiger partial charge in [0.15, 0.2) is 11.5 Å². The van der Waals surface area contributed by atoms with Crippen LogP contribution in [0.1, 0.15) is 37.7 Å². The monoisotopic (exact) mass is 290 g/mol. The SMILES string of the molecule is COc1ccc(CC(O)CC2CC3CCC2C3)cc1OC. The Labute approximate surface area is 127 Å². The van der Waals surface area contributed by atoms with Crippen molar-refractivity contribution in [2.24, 2.45) is 17.8 Å². The van der Waals surface area contributed by atoms with Gasteiger partial charge in [-0.2, -0.15) is 0 Å². The van der Waals surface area contributed by atoms with E-state index in [9.17, 15) is 5.11 Å². The van der Waals surface area contributed by atoms with Crippen LogP contribution < -0.4 is 9.47 Å². The molecule has 0 aromatic heterocycles. The third-order valence-electron chi connectivity index (χ3n) is 5.38. The second-order valence-corrected chi connectivity index (χ2v) is 6.72. The molecule has 21 heavy (non-hydrogen) atoms. The van der Waals surface area contributed by atoms with Gasteiger partial charge in [-0.25, -0.2) is 0 Å². The molecule has 2 fully saturated rings. The Morgan fingerprint density at radius 3 is 2.57 bits per heavy atom. The minimum Gasteiger partial charge on any atom is -0.493 e. The summed E-state index contributed by atoms with van der Waals surface area (Å²) in [6, 6.07) is 5.91. The molecule has 2 aliphatic carbocycles. The van der Waals surface area contributed by atoms with Crippen LogP contribution in [0, 0.1) is 17.8 Å². The molecule has 2 bridgehead atoms. The molecular weight excluding hydrogens is 264 g/mol. The summed E-state index contributed by atoms with van der Waals surface area (Å²) in [5, 5.41) is 10.4.